The largest absolute Gasteiger partial charge is 0.349 e. The van der Waals surface area contributed by atoms with Crippen molar-refractivity contribution >= 4 is 5.91 Å². The number of amides is 1. The first kappa shape index (κ1) is 8.22. The molecular formula is C8H12N4O. The molecule has 1 aromatic heterocycles. The fourth-order valence-electron chi connectivity index (χ4n) is 1.15. The Morgan fingerprint density at radius 2 is 2.46 bits per heavy atom. The molecule has 0 aliphatic heterocycles. The van der Waals surface area contributed by atoms with Gasteiger partial charge in [-0.2, -0.15) is 5.10 Å². The molecule has 5 nitrogen and oxygen atoms in total. The summed E-state index contributed by atoms with van der Waals surface area (Å²) in [4.78, 5) is 15.1. The summed E-state index contributed by atoms with van der Waals surface area (Å²) in [6.45, 7) is 2.31. The van der Waals surface area contributed by atoms with Gasteiger partial charge in [0.25, 0.3) is 0 Å². The van der Waals surface area contributed by atoms with Crippen LogP contribution in [0.4, 0.5) is 0 Å². The molecule has 1 aliphatic carbocycles. The molecule has 70 valence electrons. The Labute approximate surface area is 76.2 Å². The average molecular weight is 180 g/mol. The Bertz CT molecular complexity index is 302. The first-order valence-electron chi connectivity index (χ1n) is 4.31. The maximum absolute atomic E-state index is 11.4. The Balaban J connectivity index is 1.85. The quantitative estimate of drug-likeness (QED) is 0.709. The van der Waals surface area contributed by atoms with Crippen molar-refractivity contribution in [3.05, 3.63) is 12.7 Å². The molecule has 0 unspecified atom stereocenters. The number of nitrogens with one attached hydrogen (secondary N) is 1. The lowest BCUT2D eigenvalue weighted by molar-refractivity contribution is -0.122. The molecule has 1 aromatic rings. The van der Waals surface area contributed by atoms with E-state index in [-0.39, 0.29) is 18.0 Å². The van der Waals surface area contributed by atoms with Crippen LogP contribution >= 0.6 is 0 Å². The molecule has 1 heterocycles. The highest BCUT2D eigenvalue weighted by Crippen LogP contribution is 2.34. The summed E-state index contributed by atoms with van der Waals surface area (Å²) >= 11 is 0. The standard InChI is InChI=1S/C8H12N4O/c1-8(2-3-8)11-7(13)4-12-6-9-5-10-12/h5-6H,2-4H2,1H3,(H,11,13). The van der Waals surface area contributed by atoms with E-state index in [9.17, 15) is 4.79 Å². The lowest BCUT2D eigenvalue weighted by atomic mass is 10.3. The number of hydrogen-bond acceptors (Lipinski definition) is 3. The first-order chi connectivity index (χ1) is 6.18. The van der Waals surface area contributed by atoms with Gasteiger partial charge in [0.05, 0.1) is 0 Å². The van der Waals surface area contributed by atoms with Crippen molar-refractivity contribution in [2.75, 3.05) is 0 Å². The molecule has 1 aliphatic rings. The van der Waals surface area contributed by atoms with Gasteiger partial charge in [-0.05, 0) is 19.8 Å². The van der Waals surface area contributed by atoms with Crippen LogP contribution in [-0.2, 0) is 11.3 Å². The van der Waals surface area contributed by atoms with Crippen molar-refractivity contribution in [1.29, 1.82) is 0 Å². The van der Waals surface area contributed by atoms with E-state index in [1.54, 1.807) is 0 Å². The molecule has 5 heteroatoms. The van der Waals surface area contributed by atoms with E-state index in [0.717, 1.165) is 12.8 Å². The van der Waals surface area contributed by atoms with Gasteiger partial charge < -0.3 is 5.32 Å². The molecule has 2 rings (SSSR count). The Kier molecular flexibility index (Phi) is 1.79. The first-order valence-corrected chi connectivity index (χ1v) is 4.31. The predicted octanol–water partition coefficient (Wildman–Crippen LogP) is -0.0532. The lowest BCUT2D eigenvalue weighted by Crippen LogP contribution is -2.36. The van der Waals surface area contributed by atoms with E-state index in [2.05, 4.69) is 15.4 Å². The second-order valence-electron chi connectivity index (χ2n) is 3.70. The van der Waals surface area contributed by atoms with Gasteiger partial charge in [0.2, 0.25) is 5.91 Å². The van der Waals surface area contributed by atoms with E-state index in [1.807, 2.05) is 6.92 Å². The van der Waals surface area contributed by atoms with Crippen LogP contribution < -0.4 is 5.32 Å². The van der Waals surface area contributed by atoms with Crippen LogP contribution in [0.1, 0.15) is 19.8 Å². The third-order valence-corrected chi connectivity index (χ3v) is 2.21. The summed E-state index contributed by atoms with van der Waals surface area (Å²) in [5.41, 5.74) is 0.0532. The molecule has 1 saturated carbocycles. The van der Waals surface area contributed by atoms with Crippen LogP contribution in [0.15, 0.2) is 12.7 Å². The van der Waals surface area contributed by atoms with Crippen LogP contribution in [0.2, 0.25) is 0 Å². The predicted molar refractivity (Wildman–Crippen MR) is 45.8 cm³/mol. The van der Waals surface area contributed by atoms with E-state index < -0.39 is 0 Å². The maximum Gasteiger partial charge on any atom is 0.242 e. The van der Waals surface area contributed by atoms with Crippen LogP contribution in [0.3, 0.4) is 0 Å². The second kappa shape index (κ2) is 2.83. The summed E-state index contributed by atoms with van der Waals surface area (Å²) < 4.78 is 1.51. The number of rotatable bonds is 3. The van der Waals surface area contributed by atoms with Crippen LogP contribution in [0.5, 0.6) is 0 Å². The molecule has 0 saturated heterocycles. The fraction of sp³-hybridized carbons (Fsp3) is 0.625. The zero-order chi connectivity index (χ0) is 9.31. The van der Waals surface area contributed by atoms with Crippen LogP contribution in [0, 0.1) is 0 Å². The summed E-state index contributed by atoms with van der Waals surface area (Å²) in [6, 6.07) is 0. The van der Waals surface area contributed by atoms with Crippen LogP contribution in [0.25, 0.3) is 0 Å². The van der Waals surface area contributed by atoms with Gasteiger partial charge in [-0.15, -0.1) is 0 Å². The Morgan fingerprint density at radius 1 is 1.69 bits per heavy atom. The lowest BCUT2D eigenvalue weighted by Gasteiger charge is -2.10. The third-order valence-electron chi connectivity index (χ3n) is 2.21. The minimum Gasteiger partial charge on any atom is -0.349 e. The zero-order valence-corrected chi connectivity index (χ0v) is 7.53. The van der Waals surface area contributed by atoms with Crippen molar-refractivity contribution < 1.29 is 4.79 Å². The smallest absolute Gasteiger partial charge is 0.242 e. The summed E-state index contributed by atoms with van der Waals surface area (Å²) in [5, 5.41) is 6.79. The minimum absolute atomic E-state index is 0.00509. The van der Waals surface area contributed by atoms with E-state index in [0.29, 0.717) is 0 Å². The maximum atomic E-state index is 11.4. The summed E-state index contributed by atoms with van der Waals surface area (Å²) in [5.74, 6) is 0.00509. The molecular weight excluding hydrogens is 168 g/mol. The highest BCUT2D eigenvalue weighted by atomic mass is 16.2. The third kappa shape index (κ3) is 2.05. The van der Waals surface area contributed by atoms with Gasteiger partial charge >= 0.3 is 0 Å². The molecule has 0 bridgehead atoms. The van der Waals surface area contributed by atoms with E-state index in [4.69, 9.17) is 0 Å². The molecule has 1 fully saturated rings. The molecule has 1 amide bonds. The van der Waals surface area contributed by atoms with Crippen molar-refractivity contribution in [3.63, 3.8) is 0 Å². The Hall–Kier alpha value is -1.39. The minimum atomic E-state index is 0.00509. The van der Waals surface area contributed by atoms with Crippen molar-refractivity contribution in [1.82, 2.24) is 20.1 Å². The molecule has 0 aromatic carbocycles. The average Bonchev–Trinajstić information content (AvgIpc) is 2.61. The van der Waals surface area contributed by atoms with Gasteiger partial charge in [-0.3, -0.25) is 4.79 Å². The van der Waals surface area contributed by atoms with Crippen molar-refractivity contribution in [3.8, 4) is 0 Å². The van der Waals surface area contributed by atoms with Gasteiger partial charge in [0.15, 0.2) is 0 Å². The van der Waals surface area contributed by atoms with Gasteiger partial charge in [0.1, 0.15) is 19.2 Å². The topological polar surface area (TPSA) is 59.8 Å². The normalized spacial score (nSPS) is 18.2. The Morgan fingerprint density at radius 3 is 3.00 bits per heavy atom. The molecule has 0 atom stereocenters. The summed E-state index contributed by atoms with van der Waals surface area (Å²) in [7, 11) is 0. The van der Waals surface area contributed by atoms with Crippen molar-refractivity contribution in [2.45, 2.75) is 31.8 Å². The highest BCUT2D eigenvalue weighted by molar-refractivity contribution is 5.76. The fourth-order valence-corrected chi connectivity index (χ4v) is 1.15. The number of carbonyl (C=O) groups is 1. The number of hydrogen-bond donors (Lipinski definition) is 1. The van der Waals surface area contributed by atoms with Crippen LogP contribution in [-0.4, -0.2) is 26.2 Å². The molecule has 0 radical (unpaired) electrons. The van der Waals surface area contributed by atoms with Gasteiger partial charge in [0, 0.05) is 5.54 Å². The highest BCUT2D eigenvalue weighted by Gasteiger charge is 2.38. The number of carbonyl (C=O) groups excluding carboxylic acids is 1. The number of aromatic nitrogens is 3. The molecule has 1 N–H and O–H groups in total. The zero-order valence-electron chi connectivity index (χ0n) is 7.53. The van der Waals surface area contributed by atoms with Gasteiger partial charge in [-0.1, -0.05) is 0 Å². The van der Waals surface area contributed by atoms with Crippen molar-refractivity contribution in [2.24, 2.45) is 0 Å². The monoisotopic (exact) mass is 180 g/mol. The van der Waals surface area contributed by atoms with Gasteiger partial charge in [-0.25, -0.2) is 9.67 Å². The molecule has 13 heavy (non-hydrogen) atoms. The van der Waals surface area contributed by atoms with E-state index >= 15 is 0 Å². The second-order valence-corrected chi connectivity index (χ2v) is 3.70. The SMILES string of the molecule is CC1(NC(=O)Cn2cncn2)CC1. The number of nitrogens with zero attached hydrogens (tertiary/aromatic N) is 3. The van der Waals surface area contributed by atoms with E-state index in [1.165, 1.54) is 17.3 Å². The summed E-state index contributed by atoms with van der Waals surface area (Å²) in [6.07, 6.45) is 5.12. The molecule has 0 spiro atoms.